The normalized spacial score (nSPS) is 14.6. The lowest BCUT2D eigenvalue weighted by Crippen LogP contribution is -2.30. The Hall–Kier alpha value is -2.47. The van der Waals surface area contributed by atoms with Crippen LogP contribution in [0.3, 0.4) is 0 Å². The summed E-state index contributed by atoms with van der Waals surface area (Å²) in [5, 5.41) is 6.26. The predicted molar refractivity (Wildman–Crippen MR) is 132 cm³/mol. The third-order valence-corrected chi connectivity index (χ3v) is 7.44. The van der Waals surface area contributed by atoms with Gasteiger partial charge in [0.15, 0.2) is 0 Å². The zero-order chi connectivity index (χ0) is 22.5. The monoisotopic (exact) mass is 450 g/mol. The molecule has 32 heavy (non-hydrogen) atoms. The van der Waals surface area contributed by atoms with Gasteiger partial charge < -0.3 is 9.88 Å². The van der Waals surface area contributed by atoms with Crippen molar-refractivity contribution in [1.82, 2.24) is 19.9 Å². The van der Waals surface area contributed by atoms with Gasteiger partial charge in [-0.2, -0.15) is 0 Å². The fourth-order valence-corrected chi connectivity index (χ4v) is 5.34. The zero-order valence-electron chi connectivity index (χ0n) is 19.5. The van der Waals surface area contributed by atoms with E-state index in [4.69, 9.17) is 4.98 Å². The van der Waals surface area contributed by atoms with E-state index in [1.807, 2.05) is 25.3 Å². The van der Waals surface area contributed by atoms with E-state index in [0.29, 0.717) is 5.92 Å². The van der Waals surface area contributed by atoms with Crippen molar-refractivity contribution in [3.63, 3.8) is 0 Å². The molecule has 0 unspecified atom stereocenters. The van der Waals surface area contributed by atoms with E-state index in [0.717, 1.165) is 64.8 Å². The van der Waals surface area contributed by atoms with E-state index in [1.165, 1.54) is 32.1 Å². The standard InChI is InChI=1S/C26H34N4OS/c1-4-5-13-30-19(3)22(25(31)28-15-20-9-7-6-8-10-20)14-24(30)23-17-32-26(29-23)21-12-11-18(2)27-16-21/h11-12,14,16-17,20H,4-10,13,15H2,1-3H3,(H,28,31). The molecule has 4 rings (SSSR count). The molecule has 3 heterocycles. The number of unbranched alkanes of at least 4 members (excludes halogenated alkanes) is 1. The molecule has 0 atom stereocenters. The highest BCUT2D eigenvalue weighted by Crippen LogP contribution is 2.32. The molecule has 170 valence electrons. The van der Waals surface area contributed by atoms with Crippen LogP contribution in [-0.2, 0) is 6.54 Å². The first-order chi connectivity index (χ1) is 15.6. The van der Waals surface area contributed by atoms with Gasteiger partial charge in [-0.25, -0.2) is 4.98 Å². The lowest BCUT2D eigenvalue weighted by molar-refractivity contribution is 0.0943. The number of carbonyl (C=O) groups is 1. The molecule has 0 bridgehead atoms. The van der Waals surface area contributed by atoms with Gasteiger partial charge in [0.2, 0.25) is 0 Å². The minimum atomic E-state index is 0.0442. The van der Waals surface area contributed by atoms with Crippen molar-refractivity contribution in [2.24, 2.45) is 5.92 Å². The van der Waals surface area contributed by atoms with Gasteiger partial charge in [0.25, 0.3) is 5.91 Å². The van der Waals surface area contributed by atoms with Crippen LogP contribution in [0, 0.1) is 19.8 Å². The highest BCUT2D eigenvalue weighted by Gasteiger charge is 2.21. The van der Waals surface area contributed by atoms with Gasteiger partial charge in [-0.05, 0) is 57.2 Å². The number of aryl methyl sites for hydroxylation is 1. The molecule has 6 heteroatoms. The van der Waals surface area contributed by atoms with Gasteiger partial charge in [-0.15, -0.1) is 11.3 Å². The van der Waals surface area contributed by atoms with Crippen molar-refractivity contribution in [2.75, 3.05) is 6.54 Å². The number of amides is 1. The van der Waals surface area contributed by atoms with Gasteiger partial charge in [-0.3, -0.25) is 9.78 Å². The highest BCUT2D eigenvalue weighted by molar-refractivity contribution is 7.13. The minimum Gasteiger partial charge on any atom is -0.352 e. The Morgan fingerprint density at radius 2 is 2.03 bits per heavy atom. The number of hydrogen-bond acceptors (Lipinski definition) is 4. The van der Waals surface area contributed by atoms with E-state index in [1.54, 1.807) is 11.3 Å². The van der Waals surface area contributed by atoms with Crippen LogP contribution in [0.25, 0.3) is 22.0 Å². The van der Waals surface area contributed by atoms with E-state index in [-0.39, 0.29) is 5.91 Å². The van der Waals surface area contributed by atoms with Gasteiger partial charge in [0.1, 0.15) is 5.01 Å². The topological polar surface area (TPSA) is 59.8 Å². The summed E-state index contributed by atoms with van der Waals surface area (Å²) in [5.74, 6) is 0.668. The van der Waals surface area contributed by atoms with Crippen LogP contribution >= 0.6 is 11.3 Å². The van der Waals surface area contributed by atoms with Crippen LogP contribution in [-0.4, -0.2) is 27.0 Å². The summed E-state index contributed by atoms with van der Waals surface area (Å²) in [7, 11) is 0. The molecule has 3 aromatic rings. The van der Waals surface area contributed by atoms with E-state index in [2.05, 4.69) is 40.2 Å². The SMILES string of the molecule is CCCCn1c(-c2csc(-c3ccc(C)nc3)n2)cc(C(=O)NCC2CCCCC2)c1C. The van der Waals surface area contributed by atoms with Crippen molar-refractivity contribution in [3.8, 4) is 22.0 Å². The molecule has 0 spiro atoms. The Kier molecular flexibility index (Phi) is 7.40. The molecule has 1 saturated carbocycles. The second-order valence-corrected chi connectivity index (χ2v) is 9.83. The highest BCUT2D eigenvalue weighted by atomic mass is 32.1. The maximum atomic E-state index is 13.1. The zero-order valence-corrected chi connectivity index (χ0v) is 20.3. The number of carbonyl (C=O) groups excluding carboxylic acids is 1. The van der Waals surface area contributed by atoms with Crippen molar-refractivity contribution < 1.29 is 4.79 Å². The Morgan fingerprint density at radius 1 is 1.22 bits per heavy atom. The van der Waals surface area contributed by atoms with Crippen LogP contribution in [0.15, 0.2) is 29.8 Å². The van der Waals surface area contributed by atoms with Gasteiger partial charge in [-0.1, -0.05) is 32.6 Å². The first-order valence-corrected chi connectivity index (χ1v) is 12.8. The minimum absolute atomic E-state index is 0.0442. The summed E-state index contributed by atoms with van der Waals surface area (Å²) in [6, 6.07) is 6.11. The molecule has 5 nitrogen and oxygen atoms in total. The number of aromatic nitrogens is 3. The number of thiazole rings is 1. The van der Waals surface area contributed by atoms with Crippen LogP contribution in [0.5, 0.6) is 0 Å². The fourth-order valence-electron chi connectivity index (χ4n) is 4.53. The summed E-state index contributed by atoms with van der Waals surface area (Å²) >= 11 is 1.62. The maximum absolute atomic E-state index is 13.1. The largest absolute Gasteiger partial charge is 0.352 e. The Morgan fingerprint density at radius 3 is 2.75 bits per heavy atom. The molecule has 1 fully saturated rings. The number of hydrogen-bond donors (Lipinski definition) is 1. The summed E-state index contributed by atoms with van der Waals surface area (Å²) in [4.78, 5) is 22.4. The second-order valence-electron chi connectivity index (χ2n) is 8.97. The molecular formula is C26H34N4OS. The molecule has 1 amide bonds. The van der Waals surface area contributed by atoms with Crippen molar-refractivity contribution in [3.05, 3.63) is 46.7 Å². The molecule has 0 aromatic carbocycles. The fraction of sp³-hybridized carbons (Fsp3) is 0.500. The Labute approximate surface area is 195 Å². The molecule has 1 N–H and O–H groups in total. The van der Waals surface area contributed by atoms with Gasteiger partial charge in [0.05, 0.1) is 17.0 Å². The lowest BCUT2D eigenvalue weighted by atomic mass is 9.89. The average Bonchev–Trinajstić information content (AvgIpc) is 3.42. The van der Waals surface area contributed by atoms with E-state index in [9.17, 15) is 4.79 Å². The molecule has 1 aliphatic carbocycles. The molecule has 0 saturated heterocycles. The van der Waals surface area contributed by atoms with E-state index >= 15 is 0 Å². The molecule has 1 aliphatic rings. The summed E-state index contributed by atoms with van der Waals surface area (Å²) < 4.78 is 2.27. The quantitative estimate of drug-likeness (QED) is 0.432. The van der Waals surface area contributed by atoms with Gasteiger partial charge >= 0.3 is 0 Å². The smallest absolute Gasteiger partial charge is 0.253 e. The molecule has 0 radical (unpaired) electrons. The number of pyridine rings is 1. The van der Waals surface area contributed by atoms with Gasteiger partial charge in [0, 0.05) is 41.6 Å². The number of nitrogens with zero attached hydrogens (tertiary/aromatic N) is 3. The predicted octanol–water partition coefficient (Wildman–Crippen LogP) is 6.40. The summed E-state index contributed by atoms with van der Waals surface area (Å²) in [6.07, 6.45) is 10.4. The van der Waals surface area contributed by atoms with Crippen LogP contribution < -0.4 is 5.32 Å². The Bertz CT molecular complexity index is 1040. The Balaban J connectivity index is 1.58. The average molecular weight is 451 g/mol. The van der Waals surface area contributed by atoms with Crippen LogP contribution in [0.4, 0.5) is 0 Å². The number of nitrogens with one attached hydrogen (secondary N) is 1. The van der Waals surface area contributed by atoms with E-state index < -0.39 is 0 Å². The van der Waals surface area contributed by atoms with Crippen molar-refractivity contribution in [2.45, 2.75) is 72.3 Å². The lowest BCUT2D eigenvalue weighted by Gasteiger charge is -2.21. The number of rotatable bonds is 8. The van der Waals surface area contributed by atoms with Crippen LogP contribution in [0.1, 0.15) is 73.6 Å². The second kappa shape index (κ2) is 10.4. The maximum Gasteiger partial charge on any atom is 0.253 e. The third-order valence-electron chi connectivity index (χ3n) is 6.55. The first-order valence-electron chi connectivity index (χ1n) is 11.9. The summed E-state index contributed by atoms with van der Waals surface area (Å²) in [6.45, 7) is 7.93. The van der Waals surface area contributed by atoms with Crippen molar-refractivity contribution >= 4 is 17.2 Å². The molecule has 3 aromatic heterocycles. The molecular weight excluding hydrogens is 416 g/mol. The third kappa shape index (κ3) is 5.12. The van der Waals surface area contributed by atoms with Crippen LogP contribution in [0.2, 0.25) is 0 Å². The first kappa shape index (κ1) is 22.7. The molecule has 0 aliphatic heterocycles. The summed E-state index contributed by atoms with van der Waals surface area (Å²) in [5.41, 5.74) is 5.79. The van der Waals surface area contributed by atoms with Crippen molar-refractivity contribution in [1.29, 1.82) is 0 Å².